The summed E-state index contributed by atoms with van der Waals surface area (Å²) in [4.78, 5) is 12.5. The van der Waals surface area contributed by atoms with E-state index < -0.39 is 0 Å². The van der Waals surface area contributed by atoms with E-state index in [1.54, 1.807) is 0 Å². The third-order valence-electron chi connectivity index (χ3n) is 6.89. The molecule has 166 valence electrons. The Labute approximate surface area is 182 Å². The van der Waals surface area contributed by atoms with Gasteiger partial charge in [0.05, 0.1) is 6.61 Å². The molecule has 0 saturated carbocycles. The number of guanidine groups is 1. The molecule has 3 aliphatic rings. The summed E-state index contributed by atoms with van der Waals surface area (Å²) in [7, 11) is 0. The summed E-state index contributed by atoms with van der Waals surface area (Å²) in [6.07, 6.45) is 3.57. The topological polar surface area (TPSA) is 43.3 Å². The van der Waals surface area contributed by atoms with Gasteiger partial charge in [-0.1, -0.05) is 12.1 Å². The monoisotopic (exact) mass is 413 g/mol. The fourth-order valence-corrected chi connectivity index (χ4v) is 5.05. The number of nitrogens with one attached hydrogen (secondary N) is 1. The van der Waals surface area contributed by atoms with Crippen molar-refractivity contribution in [3.05, 3.63) is 29.8 Å². The molecule has 0 aromatic heterocycles. The van der Waals surface area contributed by atoms with Crippen LogP contribution in [0.15, 0.2) is 29.3 Å². The minimum absolute atomic E-state index is 0.382. The van der Waals surface area contributed by atoms with E-state index in [1.165, 1.54) is 24.1 Å². The van der Waals surface area contributed by atoms with Crippen molar-refractivity contribution >= 4 is 11.6 Å². The van der Waals surface area contributed by atoms with E-state index in [0.29, 0.717) is 5.41 Å². The maximum absolute atomic E-state index is 5.68. The molecule has 0 amide bonds. The molecule has 0 bridgehead atoms. The maximum Gasteiger partial charge on any atom is 0.193 e. The lowest BCUT2D eigenvalue weighted by atomic mass is 9.87. The van der Waals surface area contributed by atoms with Crippen LogP contribution in [0.25, 0.3) is 0 Å². The predicted octanol–water partition coefficient (Wildman–Crippen LogP) is 2.59. The Balaban J connectivity index is 1.20. The molecule has 1 spiro atoms. The summed E-state index contributed by atoms with van der Waals surface area (Å²) < 4.78 is 5.68. The third-order valence-corrected chi connectivity index (χ3v) is 6.89. The number of aryl methyl sites for hydroxylation is 1. The van der Waals surface area contributed by atoms with Gasteiger partial charge in [0.25, 0.3) is 0 Å². The largest absolute Gasteiger partial charge is 0.381 e. The molecule has 6 nitrogen and oxygen atoms in total. The van der Waals surface area contributed by atoms with Gasteiger partial charge in [0, 0.05) is 76.6 Å². The van der Waals surface area contributed by atoms with E-state index >= 15 is 0 Å². The third kappa shape index (κ3) is 5.27. The Morgan fingerprint density at radius 2 is 2.03 bits per heavy atom. The molecule has 1 unspecified atom stereocenters. The SMILES string of the molecule is CCNC(=NCCCN1CCN(c2cccc(C)c2)CC1)N1CCC2(CCOC2)C1. The number of hydrogen-bond acceptors (Lipinski definition) is 4. The van der Waals surface area contributed by atoms with Crippen LogP contribution < -0.4 is 10.2 Å². The fourth-order valence-electron chi connectivity index (χ4n) is 5.05. The van der Waals surface area contributed by atoms with Crippen LogP contribution in [0.4, 0.5) is 5.69 Å². The first-order chi connectivity index (χ1) is 14.7. The molecule has 4 rings (SSSR count). The van der Waals surface area contributed by atoms with Gasteiger partial charge in [0.15, 0.2) is 5.96 Å². The molecule has 1 N–H and O–H groups in total. The summed E-state index contributed by atoms with van der Waals surface area (Å²) in [5.74, 6) is 1.10. The molecular formula is C24H39N5O. The standard InChI is InChI=1S/C24H39N5O/c1-3-25-23(29-12-8-24(19-29)9-17-30-20-24)26-10-5-11-27-13-15-28(16-14-27)22-7-4-6-21(2)18-22/h4,6-7,18H,3,5,8-17,19-20H2,1-2H3,(H,25,26). The molecule has 3 heterocycles. The predicted molar refractivity (Wildman–Crippen MR) is 124 cm³/mol. The van der Waals surface area contributed by atoms with Crippen LogP contribution in [0.1, 0.15) is 31.7 Å². The van der Waals surface area contributed by atoms with Crippen molar-refractivity contribution in [1.29, 1.82) is 0 Å². The first kappa shape index (κ1) is 21.4. The fraction of sp³-hybridized carbons (Fsp3) is 0.708. The average Bonchev–Trinajstić information content (AvgIpc) is 3.40. The van der Waals surface area contributed by atoms with Crippen LogP contribution in [-0.4, -0.2) is 87.9 Å². The van der Waals surface area contributed by atoms with E-state index in [9.17, 15) is 0 Å². The number of piperazine rings is 1. The van der Waals surface area contributed by atoms with Crippen molar-refractivity contribution in [2.45, 2.75) is 33.1 Å². The Morgan fingerprint density at radius 3 is 2.77 bits per heavy atom. The smallest absolute Gasteiger partial charge is 0.193 e. The normalized spacial score (nSPS) is 25.5. The highest BCUT2D eigenvalue weighted by Gasteiger charge is 2.42. The van der Waals surface area contributed by atoms with Gasteiger partial charge in [-0.2, -0.15) is 0 Å². The average molecular weight is 414 g/mol. The van der Waals surface area contributed by atoms with Gasteiger partial charge in [-0.05, 0) is 50.8 Å². The second kappa shape index (κ2) is 10.0. The van der Waals surface area contributed by atoms with Crippen LogP contribution in [0.5, 0.6) is 0 Å². The van der Waals surface area contributed by atoms with Gasteiger partial charge < -0.3 is 19.9 Å². The molecule has 1 aromatic carbocycles. The number of benzene rings is 1. The lowest BCUT2D eigenvalue weighted by Gasteiger charge is -2.36. The van der Waals surface area contributed by atoms with Crippen LogP contribution in [0.2, 0.25) is 0 Å². The lowest BCUT2D eigenvalue weighted by Crippen LogP contribution is -2.46. The number of nitrogens with zero attached hydrogens (tertiary/aromatic N) is 4. The van der Waals surface area contributed by atoms with Gasteiger partial charge in [0.1, 0.15) is 0 Å². The van der Waals surface area contributed by atoms with Crippen LogP contribution in [0, 0.1) is 12.3 Å². The molecule has 1 aromatic rings. The number of rotatable bonds is 6. The number of ether oxygens (including phenoxy) is 1. The highest BCUT2D eigenvalue weighted by molar-refractivity contribution is 5.80. The molecule has 0 radical (unpaired) electrons. The van der Waals surface area contributed by atoms with Gasteiger partial charge in [0.2, 0.25) is 0 Å². The van der Waals surface area contributed by atoms with E-state index in [1.807, 2.05) is 0 Å². The quantitative estimate of drug-likeness (QED) is 0.441. The zero-order valence-corrected chi connectivity index (χ0v) is 18.9. The molecule has 0 aliphatic carbocycles. The summed E-state index contributed by atoms with van der Waals surface area (Å²) in [6.45, 7) is 15.9. The summed E-state index contributed by atoms with van der Waals surface area (Å²) in [5, 5.41) is 3.51. The highest BCUT2D eigenvalue weighted by atomic mass is 16.5. The van der Waals surface area contributed by atoms with E-state index in [-0.39, 0.29) is 0 Å². The molecule has 3 saturated heterocycles. The minimum atomic E-state index is 0.382. The van der Waals surface area contributed by atoms with Crippen LogP contribution in [0.3, 0.4) is 0 Å². The summed E-state index contributed by atoms with van der Waals surface area (Å²) >= 11 is 0. The molecular weight excluding hydrogens is 374 g/mol. The van der Waals surface area contributed by atoms with Gasteiger partial charge in [-0.3, -0.25) is 9.89 Å². The first-order valence-corrected chi connectivity index (χ1v) is 11.8. The van der Waals surface area contributed by atoms with Crippen molar-refractivity contribution < 1.29 is 4.74 Å². The molecule has 3 fully saturated rings. The highest BCUT2D eigenvalue weighted by Crippen LogP contribution is 2.38. The summed E-state index contributed by atoms with van der Waals surface area (Å²) in [5.41, 5.74) is 3.09. The number of likely N-dealkylation sites (tertiary alicyclic amines) is 1. The van der Waals surface area contributed by atoms with Crippen molar-refractivity contribution in [2.75, 3.05) is 77.0 Å². The van der Waals surface area contributed by atoms with Gasteiger partial charge in [-0.25, -0.2) is 0 Å². The Bertz CT molecular complexity index is 707. The van der Waals surface area contributed by atoms with Gasteiger partial charge in [-0.15, -0.1) is 0 Å². The van der Waals surface area contributed by atoms with E-state index in [2.05, 4.69) is 58.1 Å². The van der Waals surface area contributed by atoms with Crippen molar-refractivity contribution in [3.63, 3.8) is 0 Å². The Kier molecular flexibility index (Phi) is 7.16. The molecule has 6 heteroatoms. The number of aliphatic imine (C=N–C) groups is 1. The van der Waals surface area contributed by atoms with Crippen molar-refractivity contribution in [1.82, 2.24) is 15.1 Å². The van der Waals surface area contributed by atoms with Gasteiger partial charge >= 0.3 is 0 Å². The Hall–Kier alpha value is -1.79. The second-order valence-corrected chi connectivity index (χ2v) is 9.23. The lowest BCUT2D eigenvalue weighted by molar-refractivity contribution is 0.156. The summed E-state index contributed by atoms with van der Waals surface area (Å²) in [6, 6.07) is 8.87. The van der Waals surface area contributed by atoms with Crippen molar-refractivity contribution in [2.24, 2.45) is 10.4 Å². The maximum atomic E-state index is 5.68. The van der Waals surface area contributed by atoms with E-state index in [0.717, 1.165) is 84.5 Å². The number of anilines is 1. The number of hydrogen-bond donors (Lipinski definition) is 1. The molecule has 1 atom stereocenters. The van der Waals surface area contributed by atoms with Crippen LogP contribution in [-0.2, 0) is 4.74 Å². The van der Waals surface area contributed by atoms with E-state index in [4.69, 9.17) is 9.73 Å². The zero-order chi connectivity index (χ0) is 20.8. The second-order valence-electron chi connectivity index (χ2n) is 9.23. The molecule has 30 heavy (non-hydrogen) atoms. The minimum Gasteiger partial charge on any atom is -0.381 e. The van der Waals surface area contributed by atoms with Crippen LogP contribution >= 0.6 is 0 Å². The first-order valence-electron chi connectivity index (χ1n) is 11.8. The molecule has 3 aliphatic heterocycles. The zero-order valence-electron chi connectivity index (χ0n) is 18.9. The Morgan fingerprint density at radius 1 is 1.17 bits per heavy atom. The van der Waals surface area contributed by atoms with Crippen molar-refractivity contribution in [3.8, 4) is 0 Å².